The first kappa shape index (κ1) is 35.8. The second kappa shape index (κ2) is 14.4. The summed E-state index contributed by atoms with van der Waals surface area (Å²) in [5, 5.41) is 0.315. The molecule has 0 aromatic rings. The maximum Gasteiger partial charge on any atom is 0.305 e. The average Bonchev–Trinajstić information content (AvgIpc) is 3.37. The summed E-state index contributed by atoms with van der Waals surface area (Å²) in [6.07, 6.45) is 16.0. The van der Waals surface area contributed by atoms with Crippen LogP contribution in [0.3, 0.4) is 0 Å². The van der Waals surface area contributed by atoms with Crippen LogP contribution >= 0.6 is 0 Å². The Morgan fingerprint density at radius 3 is 2.29 bits per heavy atom. The summed E-state index contributed by atoms with van der Waals surface area (Å²) in [6.45, 7) is 27.6. The Bertz CT molecular complexity index is 1030. The second-order valence-corrected chi connectivity index (χ2v) is 24.9. The van der Waals surface area contributed by atoms with Crippen molar-refractivity contribution in [2.24, 2.45) is 23.7 Å². The smallest absolute Gasteiger partial charge is 0.305 e. The van der Waals surface area contributed by atoms with Crippen LogP contribution in [0.5, 0.6) is 0 Å². The summed E-state index contributed by atoms with van der Waals surface area (Å²) >= 11 is 0. The van der Waals surface area contributed by atoms with Crippen molar-refractivity contribution in [1.29, 1.82) is 0 Å². The van der Waals surface area contributed by atoms with E-state index in [1.165, 1.54) is 12.7 Å². The van der Waals surface area contributed by atoms with Crippen molar-refractivity contribution in [2.45, 2.75) is 136 Å². The molecule has 1 unspecified atom stereocenters. The lowest BCUT2D eigenvalue weighted by Gasteiger charge is -2.41. The Hall–Kier alpha value is -1.40. The monoisotopic (exact) mass is 600 g/mol. The maximum atomic E-state index is 11.5. The van der Waals surface area contributed by atoms with Crippen LogP contribution in [0.25, 0.3) is 0 Å². The van der Waals surface area contributed by atoms with Gasteiger partial charge in [-0.05, 0) is 80.2 Å². The topological polar surface area (TPSA) is 44.8 Å². The van der Waals surface area contributed by atoms with E-state index >= 15 is 0 Å². The molecule has 232 valence electrons. The molecular formula is C35H60O4Si2. The van der Waals surface area contributed by atoms with Gasteiger partial charge in [0, 0.05) is 18.8 Å². The van der Waals surface area contributed by atoms with Gasteiger partial charge in [0.15, 0.2) is 16.6 Å². The second-order valence-electron chi connectivity index (χ2n) is 15.4. The van der Waals surface area contributed by atoms with Crippen LogP contribution < -0.4 is 0 Å². The van der Waals surface area contributed by atoms with Gasteiger partial charge in [-0.2, -0.15) is 0 Å². The molecule has 1 fully saturated rings. The summed E-state index contributed by atoms with van der Waals surface area (Å²) in [6, 6.07) is 0. The van der Waals surface area contributed by atoms with Crippen molar-refractivity contribution < 1.29 is 18.4 Å². The fraction of sp³-hybridized carbons (Fsp3) is 0.743. The van der Waals surface area contributed by atoms with E-state index in [-0.39, 0.29) is 28.3 Å². The van der Waals surface area contributed by atoms with E-state index in [0.29, 0.717) is 36.5 Å². The van der Waals surface area contributed by atoms with Crippen molar-refractivity contribution >= 4 is 22.6 Å². The predicted molar refractivity (Wildman–Crippen MR) is 179 cm³/mol. The van der Waals surface area contributed by atoms with Gasteiger partial charge in [0.05, 0.1) is 19.3 Å². The van der Waals surface area contributed by atoms with Crippen molar-refractivity contribution in [1.82, 2.24) is 0 Å². The maximum absolute atomic E-state index is 11.5. The first-order valence-corrected chi connectivity index (χ1v) is 21.5. The molecular weight excluding hydrogens is 541 g/mol. The molecule has 0 amide bonds. The number of fused-ring (bicyclic) bond motifs is 1. The lowest BCUT2D eigenvalue weighted by Crippen LogP contribution is -2.45. The van der Waals surface area contributed by atoms with Gasteiger partial charge in [-0.25, -0.2) is 0 Å². The Kier molecular flexibility index (Phi) is 12.6. The fourth-order valence-corrected chi connectivity index (χ4v) is 8.05. The molecule has 0 radical (unpaired) electrons. The number of carbonyl (C=O) groups is 1. The van der Waals surface area contributed by atoms with Crippen molar-refractivity contribution in [3.63, 3.8) is 0 Å². The van der Waals surface area contributed by atoms with E-state index in [1.54, 1.807) is 0 Å². The molecule has 6 heteroatoms. The molecule has 2 rings (SSSR count). The van der Waals surface area contributed by atoms with E-state index in [1.807, 2.05) is 6.92 Å². The molecule has 0 saturated heterocycles. The summed E-state index contributed by atoms with van der Waals surface area (Å²) in [7, 11) is -2.45. The van der Waals surface area contributed by atoms with Crippen LogP contribution in [-0.2, 0) is 18.4 Å². The SMILES string of the molecule is CC#CCC(C)[C@@H](/C=C\[C@H]1[C@H]2CC(C=CCCC(=O)OC)=C[C@H]2C[C@H]1O[Si](C)(C)C(C)(C)C)O[Si](C)(C)C(C)(C)C. The molecule has 2 aliphatic carbocycles. The number of ether oxygens (including phenoxy) is 1. The zero-order valence-corrected chi connectivity index (χ0v) is 30.5. The van der Waals surface area contributed by atoms with Gasteiger partial charge in [-0.15, -0.1) is 11.8 Å². The van der Waals surface area contributed by atoms with Gasteiger partial charge in [-0.3, -0.25) is 4.79 Å². The Morgan fingerprint density at radius 1 is 1.10 bits per heavy atom. The average molecular weight is 601 g/mol. The fourth-order valence-electron chi connectivity index (χ4n) is 5.34. The van der Waals surface area contributed by atoms with Crippen LogP contribution in [-0.4, -0.2) is 41.9 Å². The molecule has 6 atom stereocenters. The minimum Gasteiger partial charge on any atom is -0.469 e. The van der Waals surface area contributed by atoms with E-state index in [4.69, 9.17) is 13.6 Å². The summed E-state index contributed by atoms with van der Waals surface area (Å²) in [5.74, 6) is 7.94. The van der Waals surface area contributed by atoms with Gasteiger partial charge in [0.2, 0.25) is 0 Å². The zero-order valence-electron chi connectivity index (χ0n) is 28.5. The van der Waals surface area contributed by atoms with Gasteiger partial charge in [0.25, 0.3) is 0 Å². The first-order valence-electron chi connectivity index (χ1n) is 15.7. The molecule has 0 aromatic carbocycles. The predicted octanol–water partition coefficient (Wildman–Crippen LogP) is 9.46. The van der Waals surface area contributed by atoms with Gasteiger partial charge in [0.1, 0.15) is 0 Å². The molecule has 1 saturated carbocycles. The highest BCUT2D eigenvalue weighted by Crippen LogP contribution is 2.51. The van der Waals surface area contributed by atoms with Gasteiger partial charge >= 0.3 is 5.97 Å². The summed E-state index contributed by atoms with van der Waals surface area (Å²) < 4.78 is 18.9. The quantitative estimate of drug-likeness (QED) is 0.0968. The Labute approximate surface area is 255 Å². The van der Waals surface area contributed by atoms with Crippen molar-refractivity contribution in [3.05, 3.63) is 36.0 Å². The van der Waals surface area contributed by atoms with Crippen molar-refractivity contribution in [2.75, 3.05) is 7.11 Å². The number of carbonyl (C=O) groups excluding carboxylic acids is 1. The summed E-state index contributed by atoms with van der Waals surface area (Å²) in [4.78, 5) is 11.5. The van der Waals surface area contributed by atoms with Crippen molar-refractivity contribution in [3.8, 4) is 11.8 Å². The Balaban J connectivity index is 2.36. The molecule has 0 aliphatic heterocycles. The molecule has 0 N–H and O–H groups in total. The third kappa shape index (κ3) is 9.81. The highest BCUT2D eigenvalue weighted by Gasteiger charge is 2.48. The van der Waals surface area contributed by atoms with Crippen LogP contribution in [0.1, 0.15) is 87.5 Å². The number of methoxy groups -OCH3 is 1. The molecule has 0 heterocycles. The lowest BCUT2D eigenvalue weighted by molar-refractivity contribution is -0.140. The Morgan fingerprint density at radius 2 is 1.73 bits per heavy atom. The first-order chi connectivity index (χ1) is 18.8. The third-order valence-corrected chi connectivity index (χ3v) is 19.1. The van der Waals surface area contributed by atoms with E-state index in [9.17, 15) is 4.79 Å². The number of hydrogen-bond donors (Lipinski definition) is 0. The molecule has 41 heavy (non-hydrogen) atoms. The number of rotatable bonds is 12. The van der Waals surface area contributed by atoms with E-state index in [0.717, 1.165) is 19.3 Å². The molecule has 2 aliphatic rings. The summed E-state index contributed by atoms with van der Waals surface area (Å²) in [5.41, 5.74) is 1.38. The number of allylic oxidation sites excluding steroid dienone is 4. The molecule has 0 bridgehead atoms. The lowest BCUT2D eigenvalue weighted by atomic mass is 9.88. The number of hydrogen-bond acceptors (Lipinski definition) is 4. The standard InChI is InChI=1S/C35H60O4Si2/c1-14-15-18-26(2)31(38-40(10,11)34(3,4)5)22-21-29-30-24-27(19-16-17-20-33(36)37-9)23-28(30)25-32(29)39-41(12,13)35(6,7)8/h16,19,21-23,26,28-32H,17-18,20,24-25H2,1-13H3/b19-16?,22-21-/t26?,28-,29-,30-,31+,32+/m0/s1. The van der Waals surface area contributed by atoms with Gasteiger partial charge in [-0.1, -0.05) is 84.4 Å². The minimum absolute atomic E-state index is 0.0383. The van der Waals surface area contributed by atoms with Crippen LogP contribution in [0, 0.1) is 35.5 Å². The molecule has 0 aromatic heterocycles. The minimum atomic E-state index is -1.97. The van der Waals surface area contributed by atoms with Crippen LogP contribution in [0.15, 0.2) is 36.0 Å². The molecule has 4 nitrogen and oxygen atoms in total. The third-order valence-electron chi connectivity index (χ3n) is 10.1. The number of esters is 1. The van der Waals surface area contributed by atoms with E-state index in [2.05, 4.69) is 117 Å². The zero-order chi connectivity index (χ0) is 31.2. The molecule has 0 spiro atoms. The van der Waals surface area contributed by atoms with Crippen LogP contribution in [0.4, 0.5) is 0 Å². The van der Waals surface area contributed by atoms with E-state index < -0.39 is 16.6 Å². The van der Waals surface area contributed by atoms with Gasteiger partial charge < -0.3 is 13.6 Å². The van der Waals surface area contributed by atoms with Crippen LogP contribution in [0.2, 0.25) is 36.3 Å². The normalized spacial score (nSPS) is 25.1. The largest absolute Gasteiger partial charge is 0.469 e. The highest BCUT2D eigenvalue weighted by atomic mass is 28.4. The highest BCUT2D eigenvalue weighted by molar-refractivity contribution is 6.74.